The second-order valence-corrected chi connectivity index (χ2v) is 4.13. The van der Waals surface area contributed by atoms with Gasteiger partial charge in [0.25, 0.3) is 0 Å². The monoisotopic (exact) mass is 278 g/mol. The number of amidine groups is 1. The number of carbonyl (C=O) groups excluding carboxylic acids is 2. The van der Waals surface area contributed by atoms with Gasteiger partial charge in [0, 0.05) is 26.8 Å². The van der Waals surface area contributed by atoms with Crippen LogP contribution in [0.2, 0.25) is 0 Å². The molecule has 7 nitrogen and oxygen atoms in total. The number of ether oxygens (including phenoxy) is 1. The van der Waals surface area contributed by atoms with Crippen molar-refractivity contribution in [3.05, 3.63) is 30.3 Å². The van der Waals surface area contributed by atoms with Crippen LogP contribution in [0.4, 0.5) is 15.3 Å². The van der Waals surface area contributed by atoms with E-state index in [1.165, 1.54) is 19.1 Å². The number of benzene rings is 1. The molecule has 0 atom stereocenters. The summed E-state index contributed by atoms with van der Waals surface area (Å²) in [5.41, 5.74) is 0.638. The number of para-hydroxylation sites is 1. The number of carbonyl (C=O) groups is 2. The summed E-state index contributed by atoms with van der Waals surface area (Å²) in [6, 6.07) is 7.90. The van der Waals surface area contributed by atoms with Gasteiger partial charge in [-0.3, -0.25) is 4.90 Å². The summed E-state index contributed by atoms with van der Waals surface area (Å²) >= 11 is 0. The molecule has 0 fully saturated rings. The lowest BCUT2D eigenvalue weighted by Gasteiger charge is -2.18. The van der Waals surface area contributed by atoms with Crippen molar-refractivity contribution < 1.29 is 14.3 Å². The molecule has 0 saturated heterocycles. The average molecular weight is 278 g/mol. The SMILES string of the molecule is COC(=NC(=O)N(C)C)N(C)C(=O)Nc1ccccc1. The molecule has 1 aromatic carbocycles. The fraction of sp³-hybridized carbons (Fsp3) is 0.308. The predicted octanol–water partition coefficient (Wildman–Crippen LogP) is 1.83. The third-order valence-electron chi connectivity index (χ3n) is 2.37. The van der Waals surface area contributed by atoms with Crippen LogP contribution in [0.25, 0.3) is 0 Å². The van der Waals surface area contributed by atoms with Gasteiger partial charge >= 0.3 is 18.1 Å². The minimum atomic E-state index is -0.513. The molecule has 0 aliphatic rings. The Morgan fingerprint density at radius 1 is 1.15 bits per heavy atom. The van der Waals surface area contributed by atoms with Crippen molar-refractivity contribution in [2.24, 2.45) is 4.99 Å². The molecule has 7 heteroatoms. The molecule has 4 amide bonds. The van der Waals surface area contributed by atoms with E-state index in [-0.39, 0.29) is 6.02 Å². The third kappa shape index (κ3) is 4.27. The molecule has 0 heterocycles. The molecule has 0 spiro atoms. The molecule has 1 rings (SSSR count). The Bertz CT molecular complexity index is 500. The van der Waals surface area contributed by atoms with Gasteiger partial charge in [0.15, 0.2) is 0 Å². The molecule has 108 valence electrons. The first-order chi connectivity index (χ1) is 9.45. The second-order valence-electron chi connectivity index (χ2n) is 4.13. The Balaban J connectivity index is 2.78. The molecule has 1 aromatic rings. The third-order valence-corrected chi connectivity index (χ3v) is 2.37. The number of hydrogen-bond acceptors (Lipinski definition) is 3. The van der Waals surface area contributed by atoms with E-state index < -0.39 is 12.1 Å². The van der Waals surface area contributed by atoms with Gasteiger partial charge in [0.1, 0.15) is 0 Å². The van der Waals surface area contributed by atoms with Crippen molar-refractivity contribution in [3.63, 3.8) is 0 Å². The minimum absolute atomic E-state index is 0.0860. The highest BCUT2D eigenvalue weighted by atomic mass is 16.5. The Kier molecular flexibility index (Phi) is 5.52. The summed E-state index contributed by atoms with van der Waals surface area (Å²) in [6.07, 6.45) is 0. The lowest BCUT2D eigenvalue weighted by molar-refractivity contribution is 0.221. The number of nitrogens with zero attached hydrogens (tertiary/aromatic N) is 3. The van der Waals surface area contributed by atoms with Crippen molar-refractivity contribution in [1.29, 1.82) is 0 Å². The van der Waals surface area contributed by atoms with Crippen LogP contribution >= 0.6 is 0 Å². The van der Waals surface area contributed by atoms with Crippen LogP contribution in [0.3, 0.4) is 0 Å². The zero-order chi connectivity index (χ0) is 15.1. The van der Waals surface area contributed by atoms with Gasteiger partial charge in [-0.1, -0.05) is 18.2 Å². The average Bonchev–Trinajstić information content (AvgIpc) is 2.44. The Hall–Kier alpha value is -2.57. The van der Waals surface area contributed by atoms with Gasteiger partial charge in [-0.25, -0.2) is 9.59 Å². The summed E-state index contributed by atoms with van der Waals surface area (Å²) in [5.74, 6) is 0. The molecule has 0 aliphatic heterocycles. The van der Waals surface area contributed by atoms with E-state index in [2.05, 4.69) is 10.3 Å². The number of nitrogens with one attached hydrogen (secondary N) is 1. The first-order valence-corrected chi connectivity index (χ1v) is 5.89. The Morgan fingerprint density at radius 3 is 2.25 bits per heavy atom. The van der Waals surface area contributed by atoms with Gasteiger partial charge in [0.05, 0.1) is 7.11 Å². The number of urea groups is 2. The first-order valence-electron chi connectivity index (χ1n) is 5.89. The van der Waals surface area contributed by atoms with E-state index in [0.717, 1.165) is 4.90 Å². The molecule has 20 heavy (non-hydrogen) atoms. The lowest BCUT2D eigenvalue weighted by Crippen LogP contribution is -2.38. The number of hydrogen-bond donors (Lipinski definition) is 1. The fourth-order valence-electron chi connectivity index (χ4n) is 1.26. The molecule has 0 unspecified atom stereocenters. The molecule has 0 aliphatic carbocycles. The summed E-state index contributed by atoms with van der Waals surface area (Å²) < 4.78 is 4.96. The van der Waals surface area contributed by atoms with Crippen molar-refractivity contribution >= 4 is 23.8 Å². The Labute approximate surface area is 117 Å². The fourth-order valence-corrected chi connectivity index (χ4v) is 1.26. The minimum Gasteiger partial charge on any atom is -0.468 e. The van der Waals surface area contributed by atoms with Crippen LogP contribution in [0.5, 0.6) is 0 Å². The van der Waals surface area contributed by atoms with Crippen LogP contribution in [-0.4, -0.2) is 56.1 Å². The van der Waals surface area contributed by atoms with Crippen molar-refractivity contribution in [1.82, 2.24) is 9.80 Å². The number of amides is 4. The molecule has 1 N–H and O–H groups in total. The maximum Gasteiger partial charge on any atom is 0.347 e. The van der Waals surface area contributed by atoms with E-state index in [1.807, 2.05) is 6.07 Å². The van der Waals surface area contributed by atoms with Crippen molar-refractivity contribution in [3.8, 4) is 0 Å². The molecule has 0 bridgehead atoms. The molecule has 0 radical (unpaired) electrons. The van der Waals surface area contributed by atoms with Crippen LogP contribution in [-0.2, 0) is 4.74 Å². The van der Waals surface area contributed by atoms with Crippen molar-refractivity contribution in [2.45, 2.75) is 0 Å². The van der Waals surface area contributed by atoms with Gasteiger partial charge in [-0.05, 0) is 12.1 Å². The maximum absolute atomic E-state index is 12.0. The topological polar surface area (TPSA) is 74.2 Å². The largest absolute Gasteiger partial charge is 0.468 e. The van der Waals surface area contributed by atoms with E-state index in [4.69, 9.17) is 4.74 Å². The molecule has 0 saturated carbocycles. The summed E-state index contributed by atoms with van der Waals surface area (Å²) in [7, 11) is 5.92. The van der Waals surface area contributed by atoms with Crippen molar-refractivity contribution in [2.75, 3.05) is 33.6 Å². The normalized spacial score (nSPS) is 10.7. The van der Waals surface area contributed by atoms with Gasteiger partial charge in [-0.2, -0.15) is 0 Å². The van der Waals surface area contributed by atoms with Gasteiger partial charge < -0.3 is 15.0 Å². The predicted molar refractivity (Wildman–Crippen MR) is 76.8 cm³/mol. The summed E-state index contributed by atoms with van der Waals surface area (Å²) in [4.78, 5) is 29.6. The molecule has 0 aromatic heterocycles. The number of rotatable bonds is 1. The zero-order valence-electron chi connectivity index (χ0n) is 12.0. The van der Waals surface area contributed by atoms with E-state index in [9.17, 15) is 9.59 Å². The van der Waals surface area contributed by atoms with E-state index in [0.29, 0.717) is 5.69 Å². The van der Waals surface area contributed by atoms with Crippen LogP contribution < -0.4 is 5.32 Å². The second kappa shape index (κ2) is 7.13. The van der Waals surface area contributed by atoms with Gasteiger partial charge in [0.2, 0.25) is 0 Å². The van der Waals surface area contributed by atoms with Gasteiger partial charge in [-0.15, -0.1) is 4.99 Å². The quantitative estimate of drug-likeness (QED) is 0.629. The number of anilines is 1. The molecular formula is C13H18N4O3. The lowest BCUT2D eigenvalue weighted by atomic mass is 10.3. The highest BCUT2D eigenvalue weighted by Crippen LogP contribution is 2.06. The van der Waals surface area contributed by atoms with E-state index in [1.54, 1.807) is 38.4 Å². The summed E-state index contributed by atoms with van der Waals surface area (Å²) in [5, 5.41) is 2.66. The number of aliphatic imine (C=N–C) groups is 1. The highest BCUT2D eigenvalue weighted by Gasteiger charge is 2.17. The number of methoxy groups -OCH3 is 1. The van der Waals surface area contributed by atoms with Crippen LogP contribution in [0.1, 0.15) is 0 Å². The zero-order valence-corrected chi connectivity index (χ0v) is 12.0. The first kappa shape index (κ1) is 15.5. The molecular weight excluding hydrogens is 260 g/mol. The standard InChI is InChI=1S/C13H18N4O3/c1-16(2)11(18)15-13(20-4)17(3)12(19)14-10-8-6-5-7-9-10/h5-9H,1-4H3,(H,14,19). The maximum atomic E-state index is 12.0. The highest BCUT2D eigenvalue weighted by molar-refractivity contribution is 6.02. The Morgan fingerprint density at radius 2 is 1.75 bits per heavy atom. The van der Waals surface area contributed by atoms with Crippen LogP contribution in [0, 0.1) is 0 Å². The van der Waals surface area contributed by atoms with E-state index >= 15 is 0 Å². The van der Waals surface area contributed by atoms with Crippen LogP contribution in [0.15, 0.2) is 35.3 Å². The smallest absolute Gasteiger partial charge is 0.347 e. The summed E-state index contributed by atoms with van der Waals surface area (Å²) in [6.45, 7) is 0.